The third-order valence-electron chi connectivity index (χ3n) is 10.5. The third-order valence-corrected chi connectivity index (χ3v) is 12.1. The summed E-state index contributed by atoms with van der Waals surface area (Å²) >= 11 is 0. The van der Waals surface area contributed by atoms with E-state index in [0.29, 0.717) is 19.3 Å². The van der Waals surface area contributed by atoms with Crippen molar-refractivity contribution in [3.8, 4) is 5.75 Å². The number of aromatic nitrogens is 4. The Morgan fingerprint density at radius 3 is 2.17 bits per heavy atom. The van der Waals surface area contributed by atoms with Crippen LogP contribution in [0.25, 0.3) is 17.4 Å². The summed E-state index contributed by atoms with van der Waals surface area (Å²) in [6.45, 7) is 7.37. The largest absolute Gasteiger partial charge is 0.465 e. The zero-order chi connectivity index (χ0) is 41.8. The van der Waals surface area contributed by atoms with E-state index in [9.17, 15) is 18.9 Å². The molecule has 58 heavy (non-hydrogen) atoms. The average molecular weight is 827 g/mol. The molecule has 1 aromatic carbocycles. The predicted molar refractivity (Wildman–Crippen MR) is 228 cm³/mol. The number of imidazole rings is 1. The van der Waals surface area contributed by atoms with Crippen LogP contribution in [0.5, 0.6) is 5.75 Å². The molecule has 0 aliphatic heterocycles. The summed E-state index contributed by atoms with van der Waals surface area (Å²) in [5.41, 5.74) is 5.61. The minimum atomic E-state index is -4.22. The number of aromatic amines is 1. The number of nitrogen functional groups attached to an aromatic ring is 1. The molecular formula is C43H67N6O8P. The molecule has 1 fully saturated rings. The van der Waals surface area contributed by atoms with Gasteiger partial charge in [-0.15, -0.1) is 0 Å². The number of esters is 2. The first kappa shape index (κ1) is 46.7. The molecule has 14 nitrogen and oxygen atoms in total. The number of unbranched alkanes of at least 4 members (excludes halogenated alkanes) is 14. The summed E-state index contributed by atoms with van der Waals surface area (Å²) < 4.78 is 39.3. The highest BCUT2D eigenvalue weighted by molar-refractivity contribution is 7.52. The number of fused-ring (bicyclic) bond motifs is 1. The van der Waals surface area contributed by atoms with E-state index in [-0.39, 0.29) is 48.1 Å². The molecule has 4 N–H and O–H groups in total. The highest BCUT2D eigenvalue weighted by Crippen LogP contribution is 2.56. The number of benzene rings is 1. The Morgan fingerprint density at radius 1 is 0.931 bits per heavy atom. The van der Waals surface area contributed by atoms with Gasteiger partial charge in [-0.3, -0.25) is 28.5 Å². The molecular weight excluding hydrogens is 759 g/mol. The van der Waals surface area contributed by atoms with E-state index in [2.05, 4.69) is 27.0 Å². The summed E-state index contributed by atoms with van der Waals surface area (Å²) in [5, 5.41) is 2.75. The Hall–Kier alpha value is -4.00. The number of carbonyl (C=O) groups is 2. The summed E-state index contributed by atoms with van der Waals surface area (Å²) in [6.07, 6.45) is 23.7. The second kappa shape index (κ2) is 24.2. The average Bonchev–Trinajstić information content (AvgIpc) is 3.72. The topological polar surface area (TPSA) is 190 Å². The van der Waals surface area contributed by atoms with Crippen LogP contribution in [0.4, 0.5) is 5.95 Å². The highest BCUT2D eigenvalue weighted by Gasteiger charge is 2.52. The Morgan fingerprint density at radius 2 is 1.55 bits per heavy atom. The highest BCUT2D eigenvalue weighted by atomic mass is 31.2. The fourth-order valence-electron chi connectivity index (χ4n) is 6.94. The van der Waals surface area contributed by atoms with Gasteiger partial charge in [-0.1, -0.05) is 128 Å². The SMILES string of the molecule is CCCCCCCCCCCCCCCCCC(=O)OCC1(CO[P@@](=O)(NC(C)C(=O)OC(C)CCC)Oc2ccccc2)C/C1=C/n1cnc2c(=O)[nH]c(N)nc21. The number of nitrogens with one attached hydrogen (secondary N) is 2. The number of ether oxygens (including phenoxy) is 2. The Kier molecular flexibility index (Phi) is 19.5. The summed E-state index contributed by atoms with van der Waals surface area (Å²) in [5.74, 6) is -0.705. The Labute approximate surface area is 344 Å². The molecule has 4 atom stereocenters. The molecule has 0 saturated heterocycles. The number of H-pyrrole nitrogens is 1. The summed E-state index contributed by atoms with van der Waals surface area (Å²) in [4.78, 5) is 49.3. The zero-order valence-corrected chi connectivity index (χ0v) is 36.1. The van der Waals surface area contributed by atoms with Gasteiger partial charge >= 0.3 is 19.7 Å². The maximum Gasteiger partial charge on any atom is 0.459 e. The molecule has 2 heterocycles. The van der Waals surface area contributed by atoms with Gasteiger partial charge in [0.2, 0.25) is 5.95 Å². The number of anilines is 1. The van der Waals surface area contributed by atoms with Crippen molar-refractivity contribution in [1.82, 2.24) is 24.6 Å². The number of nitrogens with zero attached hydrogens (tertiary/aromatic N) is 3. The van der Waals surface area contributed by atoms with E-state index in [1.807, 2.05) is 6.92 Å². The van der Waals surface area contributed by atoms with Gasteiger partial charge in [0.05, 0.1) is 18.1 Å². The fraction of sp³-hybridized carbons (Fsp3) is 0.651. The van der Waals surface area contributed by atoms with Gasteiger partial charge in [-0.05, 0) is 50.8 Å². The monoisotopic (exact) mass is 826 g/mol. The minimum Gasteiger partial charge on any atom is -0.465 e. The van der Waals surface area contributed by atoms with Crippen LogP contribution in [0.3, 0.4) is 0 Å². The molecule has 3 aromatic rings. The molecule has 1 saturated carbocycles. The van der Waals surface area contributed by atoms with E-state index >= 15 is 0 Å². The number of nitrogens with two attached hydrogens (primary N) is 1. The molecule has 1 aliphatic rings. The number of hydrogen-bond acceptors (Lipinski definition) is 11. The van der Waals surface area contributed by atoms with E-state index in [0.717, 1.165) is 31.3 Å². The van der Waals surface area contributed by atoms with E-state index in [1.54, 1.807) is 48.0 Å². The fourth-order valence-corrected chi connectivity index (χ4v) is 8.52. The number of hydrogen-bond donors (Lipinski definition) is 3. The van der Waals surface area contributed by atoms with Gasteiger partial charge in [0.15, 0.2) is 11.2 Å². The molecule has 0 bridgehead atoms. The summed E-state index contributed by atoms with van der Waals surface area (Å²) in [7, 11) is -4.22. The molecule has 3 unspecified atom stereocenters. The lowest BCUT2D eigenvalue weighted by Gasteiger charge is -2.25. The lowest BCUT2D eigenvalue weighted by molar-refractivity contribution is -0.150. The zero-order valence-electron chi connectivity index (χ0n) is 35.2. The molecule has 0 radical (unpaired) electrons. The summed E-state index contributed by atoms with van der Waals surface area (Å²) in [6, 6.07) is 7.48. The van der Waals surface area contributed by atoms with Gasteiger partial charge in [-0.2, -0.15) is 10.1 Å². The maximum absolute atomic E-state index is 14.4. The lowest BCUT2D eigenvalue weighted by Crippen LogP contribution is -2.37. The van der Waals surface area contributed by atoms with Gasteiger partial charge in [0.1, 0.15) is 24.7 Å². The van der Waals surface area contributed by atoms with Gasteiger partial charge in [-0.25, -0.2) is 9.55 Å². The third kappa shape index (κ3) is 15.6. The second-order valence-corrected chi connectivity index (χ2v) is 17.5. The van der Waals surface area contributed by atoms with Crippen LogP contribution < -0.4 is 20.9 Å². The Balaban J connectivity index is 1.35. The normalized spacial score (nSPS) is 17.8. The second-order valence-electron chi connectivity index (χ2n) is 15.8. The van der Waals surface area contributed by atoms with Crippen LogP contribution in [-0.4, -0.2) is 56.8 Å². The maximum atomic E-state index is 14.4. The number of rotatable bonds is 30. The number of carbonyl (C=O) groups excluding carboxylic acids is 2. The molecule has 15 heteroatoms. The van der Waals surface area contributed by atoms with Crippen LogP contribution in [0.1, 0.15) is 150 Å². The first-order chi connectivity index (χ1) is 28.0. The molecule has 4 rings (SSSR count). The van der Waals surface area contributed by atoms with Crippen LogP contribution >= 0.6 is 7.75 Å². The van der Waals surface area contributed by atoms with Crippen LogP contribution in [0.2, 0.25) is 0 Å². The van der Waals surface area contributed by atoms with Crippen molar-refractivity contribution in [3.63, 3.8) is 0 Å². The number of para-hydroxylation sites is 1. The molecule has 0 amide bonds. The van der Waals surface area contributed by atoms with Crippen molar-refractivity contribution in [3.05, 3.63) is 52.6 Å². The van der Waals surface area contributed by atoms with Gasteiger partial charge in [0.25, 0.3) is 5.56 Å². The molecule has 2 aromatic heterocycles. The lowest BCUT2D eigenvalue weighted by atomic mass is 10.0. The first-order valence-corrected chi connectivity index (χ1v) is 23.1. The van der Waals surface area contributed by atoms with Crippen LogP contribution in [0, 0.1) is 5.41 Å². The smallest absolute Gasteiger partial charge is 0.459 e. The molecule has 0 spiro atoms. The molecule has 1 aliphatic carbocycles. The molecule has 322 valence electrons. The van der Waals surface area contributed by atoms with Crippen LogP contribution in [0.15, 0.2) is 47.0 Å². The van der Waals surface area contributed by atoms with E-state index in [1.165, 1.54) is 90.3 Å². The van der Waals surface area contributed by atoms with Crippen molar-refractivity contribution >= 4 is 43.0 Å². The quantitative estimate of drug-likeness (QED) is 0.0328. The predicted octanol–water partition coefficient (Wildman–Crippen LogP) is 9.65. The van der Waals surface area contributed by atoms with Crippen molar-refractivity contribution in [2.75, 3.05) is 18.9 Å². The Bertz CT molecular complexity index is 1850. The van der Waals surface area contributed by atoms with Crippen molar-refractivity contribution < 1.29 is 32.7 Å². The van der Waals surface area contributed by atoms with Crippen molar-refractivity contribution in [2.45, 2.75) is 162 Å². The van der Waals surface area contributed by atoms with Crippen molar-refractivity contribution in [1.29, 1.82) is 0 Å². The van der Waals surface area contributed by atoms with Gasteiger partial charge in [0, 0.05) is 12.6 Å². The first-order valence-electron chi connectivity index (χ1n) is 21.5. The van der Waals surface area contributed by atoms with E-state index < -0.39 is 30.7 Å². The minimum absolute atomic E-state index is 0.0450. The van der Waals surface area contributed by atoms with Gasteiger partial charge < -0.3 is 19.7 Å². The van der Waals surface area contributed by atoms with Crippen LogP contribution in [-0.2, 0) is 28.2 Å². The van der Waals surface area contributed by atoms with E-state index in [4.69, 9.17) is 24.3 Å². The standard InChI is InChI=1S/C43H67N6O8P/c1-5-7-8-9-10-11-12-13-14-15-16-17-18-19-23-27-37(50)54-30-43(28-35(43)29-49-32-45-38-39(49)46-42(44)47-40(38)51)31-55-58(53,57-36-25-21-20-22-26-36)48-34(4)41(52)56-33(3)24-6-2/h20-22,25-26,29,32-34H,5-19,23-24,27-28,30-31H2,1-4H3,(H,48,53)(H3,44,46,47,51)/b35-29-/t33?,34?,43?,58-/m0/s1. The van der Waals surface area contributed by atoms with Crippen molar-refractivity contribution in [2.24, 2.45) is 5.41 Å².